The van der Waals surface area contributed by atoms with Crippen LogP contribution in [0.4, 0.5) is 5.69 Å². The van der Waals surface area contributed by atoms with E-state index in [-0.39, 0.29) is 17.3 Å². The normalized spacial score (nSPS) is 12.2. The number of aliphatic imine (C=N–C) groups is 2. The van der Waals surface area contributed by atoms with Gasteiger partial charge in [-0.15, -0.1) is 12.6 Å². The summed E-state index contributed by atoms with van der Waals surface area (Å²) in [6.45, 7) is 4.52. The topological polar surface area (TPSA) is 97.0 Å². The van der Waals surface area contributed by atoms with E-state index >= 15 is 0 Å². The molecule has 0 fully saturated rings. The Morgan fingerprint density at radius 2 is 2.00 bits per heavy atom. The number of rotatable bonds is 3. The summed E-state index contributed by atoms with van der Waals surface area (Å²) in [7, 11) is 0. The van der Waals surface area contributed by atoms with Gasteiger partial charge in [-0.2, -0.15) is 0 Å². The van der Waals surface area contributed by atoms with Crippen LogP contribution in [0.1, 0.15) is 25.8 Å². The van der Waals surface area contributed by atoms with E-state index in [1.54, 1.807) is 6.07 Å². The predicted molar refractivity (Wildman–Crippen MR) is 78.8 cm³/mol. The number of aromatic hydroxyl groups is 1. The Morgan fingerprint density at radius 3 is 2.53 bits per heavy atom. The van der Waals surface area contributed by atoms with Crippen molar-refractivity contribution in [2.75, 3.05) is 12.3 Å². The van der Waals surface area contributed by atoms with Crippen molar-refractivity contribution < 1.29 is 5.11 Å². The summed E-state index contributed by atoms with van der Waals surface area (Å²) >= 11 is 4.16. The molecule has 0 aliphatic heterocycles. The number of nitrogens with two attached hydrogens (primary N) is 2. The molecule has 1 rings (SSSR count). The first-order valence-corrected chi connectivity index (χ1v) is 6.13. The van der Waals surface area contributed by atoms with Crippen LogP contribution in [0, 0.1) is 0 Å². The third-order valence-electron chi connectivity index (χ3n) is 2.33. The zero-order valence-electron chi connectivity index (χ0n) is 11.2. The number of amidine groups is 2. The summed E-state index contributed by atoms with van der Waals surface area (Å²) in [5.41, 5.74) is 12.3. The maximum Gasteiger partial charge on any atom is 0.140 e. The van der Waals surface area contributed by atoms with Crippen LogP contribution in [0.3, 0.4) is 0 Å². The van der Waals surface area contributed by atoms with Gasteiger partial charge in [-0.3, -0.25) is 4.99 Å². The molecular weight excluding hydrogens is 515 g/mol. The van der Waals surface area contributed by atoms with Crippen molar-refractivity contribution in [3.63, 3.8) is 0 Å². The van der Waals surface area contributed by atoms with Crippen molar-refractivity contribution in [1.29, 1.82) is 0 Å². The molecule has 19 heavy (non-hydrogen) atoms. The average Bonchev–Trinajstić information content (AvgIpc) is 2.32. The second-order valence-electron chi connectivity index (χ2n) is 3.67. The van der Waals surface area contributed by atoms with Gasteiger partial charge in [0.1, 0.15) is 17.4 Å². The van der Waals surface area contributed by atoms with Gasteiger partial charge in [0.25, 0.3) is 0 Å². The zero-order chi connectivity index (χ0) is 13.7. The van der Waals surface area contributed by atoms with Crippen LogP contribution in [0.25, 0.3) is 0 Å². The van der Waals surface area contributed by atoms with Gasteiger partial charge in [0, 0.05) is 23.4 Å². The van der Waals surface area contributed by atoms with E-state index in [4.69, 9.17) is 11.5 Å². The van der Waals surface area contributed by atoms with Crippen LogP contribution in [-0.4, -0.2) is 23.3 Å². The number of hydrogen-bond donors (Lipinski definition) is 4. The first kappa shape index (κ1) is 16.3. The largest absolute Gasteiger partial charge is 0.506 e. The molecule has 7 heteroatoms. The second kappa shape index (κ2) is 6.90. The van der Waals surface area contributed by atoms with E-state index in [1.807, 2.05) is 13.8 Å². The SMILES string of the molecule is CCN=C(CC)N=C(N)c1cc(S)cc(O)c1N.[Rf]. The number of phenolic OH excluding ortho intramolecular Hbond substituents is 1. The maximum atomic E-state index is 9.61. The number of thiol groups is 1. The molecule has 0 heterocycles. The Balaban J connectivity index is 0.00000324. The minimum atomic E-state index is -0.0545. The predicted octanol–water partition coefficient (Wildman–Crippen LogP) is 1.80. The summed E-state index contributed by atoms with van der Waals surface area (Å²) in [5, 5.41) is 9.61. The van der Waals surface area contributed by atoms with Crippen LogP contribution in [0.5, 0.6) is 5.75 Å². The average molecular weight is 533 g/mol. The van der Waals surface area contributed by atoms with Crippen molar-refractivity contribution >= 4 is 30.0 Å². The van der Waals surface area contributed by atoms with E-state index < -0.39 is 0 Å². The molecule has 0 aromatic heterocycles. The summed E-state index contributed by atoms with van der Waals surface area (Å²) in [6, 6.07) is 3.12. The van der Waals surface area contributed by atoms with Crippen molar-refractivity contribution in [3.05, 3.63) is 17.7 Å². The fourth-order valence-corrected chi connectivity index (χ4v) is 1.69. The molecule has 0 unspecified atom stereocenters. The number of hydrogen-bond acceptors (Lipinski definition) is 4. The monoisotopic (exact) mass is 533 g/mol. The molecule has 1 aromatic carbocycles. The number of nitrogens with zero attached hydrogens (tertiary/aromatic N) is 2. The molecule has 0 aliphatic rings. The van der Waals surface area contributed by atoms with Gasteiger partial charge in [0.2, 0.25) is 0 Å². The van der Waals surface area contributed by atoms with Crippen molar-refractivity contribution in [3.8, 4) is 5.75 Å². The Kier molecular flexibility index (Phi) is 5.93. The van der Waals surface area contributed by atoms with Gasteiger partial charge in [0.05, 0.1) is 5.69 Å². The molecule has 0 spiro atoms. The smallest absolute Gasteiger partial charge is 0.140 e. The zero-order valence-corrected chi connectivity index (χ0v) is 18.5. The maximum absolute atomic E-state index is 9.61. The van der Waals surface area contributed by atoms with E-state index in [2.05, 4.69) is 22.6 Å². The minimum Gasteiger partial charge on any atom is -0.506 e. The third-order valence-corrected chi connectivity index (χ3v) is 2.58. The van der Waals surface area contributed by atoms with E-state index in [0.29, 0.717) is 29.3 Å². The van der Waals surface area contributed by atoms with Gasteiger partial charge in [-0.1, -0.05) is 6.92 Å². The Bertz CT molecular complexity index is 503. The van der Waals surface area contributed by atoms with Gasteiger partial charge in [0.15, 0.2) is 0 Å². The number of anilines is 1. The molecule has 0 aliphatic carbocycles. The third kappa shape index (κ3) is 3.92. The summed E-state index contributed by atoms with van der Waals surface area (Å²) in [6.07, 6.45) is 0.682. The number of benzene rings is 1. The molecule has 5 N–H and O–H groups in total. The fraction of sp³-hybridized carbons (Fsp3) is 0.333. The summed E-state index contributed by atoms with van der Waals surface area (Å²) in [4.78, 5) is 9.00. The number of phenols is 1. The Hall–Kier alpha value is -2.69. The molecule has 0 saturated carbocycles. The molecular formula is C12H18N4ORfS. The van der Waals surface area contributed by atoms with Gasteiger partial charge in [-0.05, 0) is 19.1 Å². The van der Waals surface area contributed by atoms with E-state index in [1.165, 1.54) is 6.07 Å². The van der Waals surface area contributed by atoms with Gasteiger partial charge in [-0.25, -0.2) is 4.99 Å². The molecule has 5 nitrogen and oxygen atoms in total. The minimum absolute atomic E-state index is 0. The molecule has 0 bridgehead atoms. The molecule has 0 radical (unpaired) electrons. The fourth-order valence-electron chi connectivity index (χ4n) is 1.44. The molecule has 0 saturated heterocycles. The van der Waals surface area contributed by atoms with Crippen LogP contribution in [0.15, 0.2) is 27.0 Å². The van der Waals surface area contributed by atoms with Crippen LogP contribution < -0.4 is 11.5 Å². The van der Waals surface area contributed by atoms with Crippen LogP contribution in [0.2, 0.25) is 0 Å². The van der Waals surface area contributed by atoms with Crippen molar-refractivity contribution in [2.45, 2.75) is 25.2 Å². The van der Waals surface area contributed by atoms with Crippen LogP contribution in [-0.2, 0) is 0 Å². The quantitative estimate of drug-likeness (QED) is 0.157. The first-order chi connectivity index (χ1) is 8.49. The van der Waals surface area contributed by atoms with Crippen molar-refractivity contribution in [2.24, 2.45) is 15.7 Å². The Morgan fingerprint density at radius 1 is 1.37 bits per heavy atom. The molecule has 100 valence electrons. The van der Waals surface area contributed by atoms with E-state index in [9.17, 15) is 5.11 Å². The van der Waals surface area contributed by atoms with Gasteiger partial charge < -0.3 is 16.6 Å². The van der Waals surface area contributed by atoms with E-state index in [0.717, 1.165) is 0 Å². The van der Waals surface area contributed by atoms with Crippen molar-refractivity contribution in [1.82, 2.24) is 0 Å². The molecule has 1 aromatic rings. The standard InChI is InChI=1S/C12H18N4OS.Rf/c1-3-10(15-4-2)16-12(14)8-5-7(18)6-9(17)11(8)13;/h5-6,17-18H,3-4,13H2,1-2H3,(H2,14,15,16);. The molecule has 0 atom stereocenters. The first-order valence-electron chi connectivity index (χ1n) is 5.68. The summed E-state index contributed by atoms with van der Waals surface area (Å²) < 4.78 is 0. The number of nitrogen functional groups attached to an aromatic ring is 1. The van der Waals surface area contributed by atoms with Crippen LogP contribution >= 0.6 is 12.6 Å². The molecule has 0 amide bonds. The second-order valence-corrected chi connectivity index (χ2v) is 4.18. The van der Waals surface area contributed by atoms with Gasteiger partial charge >= 0.3 is 0 Å². The Labute approximate surface area is 112 Å². The summed E-state index contributed by atoms with van der Waals surface area (Å²) in [5.74, 6) is 0.826.